The van der Waals surface area contributed by atoms with Crippen LogP contribution in [0.5, 0.6) is 0 Å². The van der Waals surface area contributed by atoms with Crippen molar-refractivity contribution >= 4 is 0 Å². The highest BCUT2D eigenvalue weighted by molar-refractivity contribution is 5.26. The molecule has 21 heavy (non-hydrogen) atoms. The lowest BCUT2D eigenvalue weighted by atomic mass is 9.91. The number of nitrogens with one attached hydrogen (secondary N) is 1. The summed E-state index contributed by atoms with van der Waals surface area (Å²) in [6.45, 7) is 7.10. The molecule has 0 spiro atoms. The smallest absolute Gasteiger partial charge is 0.125 e. The predicted molar refractivity (Wildman–Crippen MR) is 86.1 cm³/mol. The Balaban J connectivity index is 1.84. The minimum Gasteiger partial charge on any atom is -0.467 e. The number of rotatable bonds is 4. The summed E-state index contributed by atoms with van der Waals surface area (Å²) in [7, 11) is 0. The summed E-state index contributed by atoms with van der Waals surface area (Å²) >= 11 is 0. The van der Waals surface area contributed by atoms with E-state index in [-0.39, 0.29) is 6.04 Å². The average molecular weight is 283 g/mol. The van der Waals surface area contributed by atoms with Gasteiger partial charge in [0.05, 0.1) is 12.3 Å². The van der Waals surface area contributed by atoms with E-state index in [0.717, 1.165) is 5.76 Å². The molecule has 3 unspecified atom stereocenters. The van der Waals surface area contributed by atoms with E-state index in [9.17, 15) is 0 Å². The molecule has 0 bridgehead atoms. The van der Waals surface area contributed by atoms with Crippen LogP contribution in [-0.2, 0) is 0 Å². The van der Waals surface area contributed by atoms with Crippen LogP contribution in [0.25, 0.3) is 0 Å². The van der Waals surface area contributed by atoms with E-state index in [4.69, 9.17) is 4.42 Å². The molecular weight excluding hydrogens is 258 g/mol. The average Bonchev–Trinajstić information content (AvgIpc) is 3.05. The third kappa shape index (κ3) is 3.21. The van der Waals surface area contributed by atoms with Gasteiger partial charge in [-0.15, -0.1) is 0 Å². The van der Waals surface area contributed by atoms with Gasteiger partial charge in [-0.05, 0) is 41.9 Å². The van der Waals surface area contributed by atoms with Gasteiger partial charge in [-0.25, -0.2) is 0 Å². The molecule has 1 heterocycles. The predicted octanol–water partition coefficient (Wildman–Crippen LogP) is 4.78. The third-order valence-electron chi connectivity index (χ3n) is 4.68. The molecule has 0 radical (unpaired) electrons. The quantitative estimate of drug-likeness (QED) is 0.873. The van der Waals surface area contributed by atoms with Gasteiger partial charge in [-0.1, -0.05) is 51.1 Å². The van der Waals surface area contributed by atoms with Crippen LogP contribution >= 0.6 is 0 Å². The van der Waals surface area contributed by atoms with E-state index in [2.05, 4.69) is 62.5 Å². The van der Waals surface area contributed by atoms with Gasteiger partial charge in [-0.3, -0.25) is 0 Å². The number of furan rings is 1. The maximum Gasteiger partial charge on any atom is 0.125 e. The minimum absolute atomic E-state index is 0.141. The zero-order chi connectivity index (χ0) is 14.9. The van der Waals surface area contributed by atoms with Crippen molar-refractivity contribution in [2.45, 2.75) is 45.7 Å². The van der Waals surface area contributed by atoms with Crippen molar-refractivity contribution in [2.75, 3.05) is 0 Å². The highest BCUT2D eigenvalue weighted by Crippen LogP contribution is 2.42. The molecule has 0 amide bonds. The van der Waals surface area contributed by atoms with Gasteiger partial charge >= 0.3 is 0 Å². The minimum atomic E-state index is 0.141. The number of hydrogen-bond acceptors (Lipinski definition) is 2. The highest BCUT2D eigenvalue weighted by Gasteiger charge is 2.38. The van der Waals surface area contributed by atoms with Crippen molar-refractivity contribution in [1.29, 1.82) is 0 Å². The fourth-order valence-electron chi connectivity index (χ4n) is 3.77. The third-order valence-corrected chi connectivity index (χ3v) is 4.68. The lowest BCUT2D eigenvalue weighted by Crippen LogP contribution is -2.35. The van der Waals surface area contributed by atoms with Crippen LogP contribution in [0.4, 0.5) is 0 Å². The Hall–Kier alpha value is -1.54. The van der Waals surface area contributed by atoms with Crippen molar-refractivity contribution < 1.29 is 4.42 Å². The summed E-state index contributed by atoms with van der Waals surface area (Å²) in [5.74, 6) is 1.69. The fraction of sp³-hybridized carbons (Fsp3) is 0.474. The van der Waals surface area contributed by atoms with Crippen molar-refractivity contribution in [3.05, 3.63) is 60.1 Å². The molecule has 1 fully saturated rings. The van der Waals surface area contributed by atoms with Crippen molar-refractivity contribution in [1.82, 2.24) is 5.32 Å². The van der Waals surface area contributed by atoms with Crippen molar-refractivity contribution in [3.8, 4) is 0 Å². The van der Waals surface area contributed by atoms with Crippen LogP contribution in [0.15, 0.2) is 53.1 Å². The van der Waals surface area contributed by atoms with Crippen molar-refractivity contribution in [3.63, 3.8) is 0 Å². The Kier molecular flexibility index (Phi) is 3.90. The second-order valence-corrected chi connectivity index (χ2v) is 7.18. The van der Waals surface area contributed by atoms with Gasteiger partial charge in [0.25, 0.3) is 0 Å². The molecule has 1 N–H and O–H groups in total. The first-order chi connectivity index (χ1) is 10.1. The van der Waals surface area contributed by atoms with E-state index < -0.39 is 0 Å². The number of benzene rings is 1. The number of hydrogen-bond donors (Lipinski definition) is 1. The molecule has 1 aliphatic carbocycles. The molecular formula is C19H25NO. The first-order valence-corrected chi connectivity index (χ1v) is 7.89. The zero-order valence-corrected chi connectivity index (χ0v) is 13.2. The normalized spacial score (nSPS) is 25.9. The van der Waals surface area contributed by atoms with E-state index in [1.54, 1.807) is 6.26 Å². The molecule has 0 aliphatic heterocycles. The summed E-state index contributed by atoms with van der Waals surface area (Å²) in [6, 6.07) is 15.3. The van der Waals surface area contributed by atoms with Gasteiger partial charge in [0, 0.05) is 6.04 Å². The highest BCUT2D eigenvalue weighted by atomic mass is 16.3. The molecule has 1 aromatic heterocycles. The lowest BCUT2D eigenvalue weighted by Gasteiger charge is -2.25. The molecule has 2 nitrogen and oxygen atoms in total. The first-order valence-electron chi connectivity index (χ1n) is 7.89. The van der Waals surface area contributed by atoms with E-state index in [1.165, 1.54) is 18.4 Å². The Labute approximate surface area is 127 Å². The maximum atomic E-state index is 5.69. The van der Waals surface area contributed by atoms with Crippen LogP contribution in [-0.4, -0.2) is 6.04 Å². The summed E-state index contributed by atoms with van der Waals surface area (Å²) in [4.78, 5) is 0. The molecule has 1 aromatic carbocycles. The van der Waals surface area contributed by atoms with Crippen LogP contribution in [0.3, 0.4) is 0 Å². The molecule has 112 valence electrons. The standard InChI is InChI=1S/C19H25NO/c1-14-12-19(2,3)13-16(14)20-18(17-10-7-11-21-17)15-8-5-4-6-9-15/h4-11,14,16,18,20H,12-13H2,1-3H3. The van der Waals surface area contributed by atoms with Gasteiger partial charge in [0.2, 0.25) is 0 Å². The SMILES string of the molecule is CC1CC(C)(C)CC1NC(c1ccccc1)c1ccco1. The Bertz CT molecular complexity index is 559. The zero-order valence-electron chi connectivity index (χ0n) is 13.2. The van der Waals surface area contributed by atoms with Crippen LogP contribution in [0, 0.1) is 11.3 Å². The first kappa shape index (κ1) is 14.4. The topological polar surface area (TPSA) is 25.2 Å². The van der Waals surface area contributed by atoms with E-state index in [0.29, 0.717) is 17.4 Å². The molecule has 1 aliphatic rings. The lowest BCUT2D eigenvalue weighted by molar-refractivity contribution is 0.347. The van der Waals surface area contributed by atoms with Gasteiger partial charge in [-0.2, -0.15) is 0 Å². The van der Waals surface area contributed by atoms with Crippen LogP contribution in [0.1, 0.15) is 51.0 Å². The Morgan fingerprint density at radius 2 is 1.86 bits per heavy atom. The monoisotopic (exact) mass is 283 g/mol. The van der Waals surface area contributed by atoms with Gasteiger partial charge in [0.15, 0.2) is 0 Å². The summed E-state index contributed by atoms with van der Waals surface area (Å²) in [6.07, 6.45) is 4.26. The summed E-state index contributed by atoms with van der Waals surface area (Å²) < 4.78 is 5.69. The van der Waals surface area contributed by atoms with Gasteiger partial charge < -0.3 is 9.73 Å². The summed E-state index contributed by atoms with van der Waals surface area (Å²) in [5.41, 5.74) is 1.70. The maximum absolute atomic E-state index is 5.69. The van der Waals surface area contributed by atoms with Gasteiger partial charge in [0.1, 0.15) is 5.76 Å². The fourth-order valence-corrected chi connectivity index (χ4v) is 3.77. The molecule has 0 saturated heterocycles. The molecule has 2 aromatic rings. The molecule has 3 rings (SSSR count). The Morgan fingerprint density at radius 1 is 1.10 bits per heavy atom. The Morgan fingerprint density at radius 3 is 2.43 bits per heavy atom. The molecule has 3 atom stereocenters. The largest absolute Gasteiger partial charge is 0.467 e. The molecule has 2 heteroatoms. The second kappa shape index (κ2) is 5.69. The summed E-state index contributed by atoms with van der Waals surface area (Å²) in [5, 5.41) is 3.85. The van der Waals surface area contributed by atoms with Crippen LogP contribution < -0.4 is 5.32 Å². The second-order valence-electron chi connectivity index (χ2n) is 7.18. The van der Waals surface area contributed by atoms with Crippen LogP contribution in [0.2, 0.25) is 0 Å². The van der Waals surface area contributed by atoms with E-state index >= 15 is 0 Å². The van der Waals surface area contributed by atoms with Crippen molar-refractivity contribution in [2.24, 2.45) is 11.3 Å². The van der Waals surface area contributed by atoms with E-state index in [1.807, 2.05) is 6.07 Å². The molecule has 1 saturated carbocycles.